The Balaban J connectivity index is 1.84. The smallest absolute Gasteiger partial charge is 0.262 e. The van der Waals surface area contributed by atoms with E-state index in [1.54, 1.807) is 42.5 Å². The molecule has 0 unspecified atom stereocenters. The average Bonchev–Trinajstić information content (AvgIpc) is 2.57. The summed E-state index contributed by atoms with van der Waals surface area (Å²) < 4.78 is 5.45. The number of ether oxygens (including phenoxy) is 1. The molecule has 2 rings (SSSR count). The molecule has 2 aromatic rings. The molecule has 6 nitrogen and oxygen atoms in total. The van der Waals surface area contributed by atoms with E-state index < -0.39 is 0 Å². The molecule has 0 aliphatic rings. The summed E-state index contributed by atoms with van der Waals surface area (Å²) in [5.74, 6) is 0.0439. The number of benzene rings is 2. The molecule has 2 aromatic carbocycles. The van der Waals surface area contributed by atoms with Crippen LogP contribution in [0, 0.1) is 6.92 Å². The van der Waals surface area contributed by atoms with Gasteiger partial charge in [0.2, 0.25) is 5.91 Å². The molecule has 136 valence electrons. The lowest BCUT2D eigenvalue weighted by atomic mass is 10.2. The van der Waals surface area contributed by atoms with Crippen molar-refractivity contribution in [3.8, 4) is 5.75 Å². The van der Waals surface area contributed by atoms with Crippen molar-refractivity contribution in [1.82, 2.24) is 5.32 Å². The number of aryl methyl sites for hydroxylation is 1. The fourth-order valence-corrected chi connectivity index (χ4v) is 2.39. The number of nitrogens with one attached hydrogen (secondary N) is 3. The van der Waals surface area contributed by atoms with Crippen LogP contribution in [-0.4, -0.2) is 23.5 Å². The molecule has 0 saturated carbocycles. The van der Waals surface area contributed by atoms with Gasteiger partial charge in [-0.1, -0.05) is 11.6 Å². The van der Waals surface area contributed by atoms with Gasteiger partial charge in [0, 0.05) is 23.3 Å². The zero-order valence-electron chi connectivity index (χ0n) is 14.3. The molecule has 8 heteroatoms. The van der Waals surface area contributed by atoms with Crippen molar-refractivity contribution in [2.75, 3.05) is 17.2 Å². The van der Waals surface area contributed by atoms with E-state index in [1.807, 2.05) is 6.92 Å². The molecule has 0 bridgehead atoms. The minimum Gasteiger partial charge on any atom is -0.484 e. The first-order chi connectivity index (χ1) is 12.3. The summed E-state index contributed by atoms with van der Waals surface area (Å²) in [5, 5.41) is 8.91. The van der Waals surface area contributed by atoms with Gasteiger partial charge in [-0.3, -0.25) is 9.59 Å². The molecule has 0 heterocycles. The third kappa shape index (κ3) is 6.34. The summed E-state index contributed by atoms with van der Waals surface area (Å²) in [4.78, 5) is 22.9. The minimum atomic E-state index is -0.285. The highest BCUT2D eigenvalue weighted by Gasteiger charge is 2.06. The van der Waals surface area contributed by atoms with Crippen LogP contribution in [0.25, 0.3) is 0 Å². The topological polar surface area (TPSA) is 79.5 Å². The predicted octanol–water partition coefficient (Wildman–Crippen LogP) is 3.50. The highest BCUT2D eigenvalue weighted by atomic mass is 35.5. The number of halogens is 1. The zero-order valence-corrected chi connectivity index (χ0v) is 15.8. The van der Waals surface area contributed by atoms with Gasteiger partial charge in [0.15, 0.2) is 11.7 Å². The Kier molecular flexibility index (Phi) is 6.94. The summed E-state index contributed by atoms with van der Waals surface area (Å²) in [5.41, 5.74) is 2.18. The Hall–Kier alpha value is -2.64. The fraction of sp³-hybridized carbons (Fsp3) is 0.167. The molecule has 0 atom stereocenters. The standard InChI is InChI=1S/C18H18ClN3O3S/c1-11-9-15(7-8-16(11)19)25-10-17(24)21-13-3-5-14(6-4-13)22-18(26)20-12(2)23/h3-9H,10H2,1-2H3,(H,21,24)(H2,20,22,23,26). The van der Waals surface area contributed by atoms with Crippen LogP contribution in [-0.2, 0) is 9.59 Å². The van der Waals surface area contributed by atoms with Crippen molar-refractivity contribution in [3.63, 3.8) is 0 Å². The Morgan fingerprint density at radius 1 is 1.08 bits per heavy atom. The number of anilines is 2. The van der Waals surface area contributed by atoms with E-state index >= 15 is 0 Å². The van der Waals surface area contributed by atoms with E-state index in [9.17, 15) is 9.59 Å². The first-order valence-corrected chi connectivity index (χ1v) is 8.49. The van der Waals surface area contributed by atoms with Gasteiger partial charge in [-0.15, -0.1) is 0 Å². The number of amides is 2. The highest BCUT2D eigenvalue weighted by molar-refractivity contribution is 7.80. The molecule has 2 amide bonds. The first-order valence-electron chi connectivity index (χ1n) is 7.71. The molecule has 0 spiro atoms. The fourth-order valence-electron chi connectivity index (χ4n) is 2.01. The largest absolute Gasteiger partial charge is 0.484 e. The summed E-state index contributed by atoms with van der Waals surface area (Å²) in [6.45, 7) is 3.12. The Morgan fingerprint density at radius 2 is 1.69 bits per heavy atom. The lowest BCUT2D eigenvalue weighted by molar-refractivity contribution is -0.118. The zero-order chi connectivity index (χ0) is 19.1. The number of hydrogen-bond donors (Lipinski definition) is 3. The van der Waals surface area contributed by atoms with Crippen molar-refractivity contribution in [3.05, 3.63) is 53.1 Å². The van der Waals surface area contributed by atoms with Crippen LogP contribution < -0.4 is 20.7 Å². The van der Waals surface area contributed by atoms with Gasteiger partial charge < -0.3 is 20.7 Å². The molecular weight excluding hydrogens is 374 g/mol. The monoisotopic (exact) mass is 391 g/mol. The molecule has 3 N–H and O–H groups in total. The number of carbonyl (C=O) groups is 2. The molecule has 0 saturated heterocycles. The molecule has 0 aliphatic carbocycles. The highest BCUT2D eigenvalue weighted by Crippen LogP contribution is 2.21. The number of rotatable bonds is 5. The maximum absolute atomic E-state index is 12.0. The van der Waals surface area contributed by atoms with Gasteiger partial charge in [0.05, 0.1) is 0 Å². The molecule has 0 fully saturated rings. The molecule has 26 heavy (non-hydrogen) atoms. The SMILES string of the molecule is CC(=O)NC(=S)Nc1ccc(NC(=O)COc2ccc(Cl)c(C)c2)cc1. The molecule has 0 aromatic heterocycles. The van der Waals surface area contributed by atoms with Gasteiger partial charge in [0.1, 0.15) is 5.75 Å². The van der Waals surface area contributed by atoms with E-state index in [2.05, 4.69) is 16.0 Å². The van der Waals surface area contributed by atoms with E-state index in [-0.39, 0.29) is 23.5 Å². The van der Waals surface area contributed by atoms with E-state index in [0.717, 1.165) is 5.56 Å². The lowest BCUT2D eigenvalue weighted by Crippen LogP contribution is -2.32. The Morgan fingerprint density at radius 3 is 2.27 bits per heavy atom. The van der Waals surface area contributed by atoms with Crippen LogP contribution in [0.1, 0.15) is 12.5 Å². The van der Waals surface area contributed by atoms with Gasteiger partial charge >= 0.3 is 0 Å². The van der Waals surface area contributed by atoms with Crippen LogP contribution in [0.2, 0.25) is 5.02 Å². The van der Waals surface area contributed by atoms with Crippen molar-refractivity contribution in [2.45, 2.75) is 13.8 Å². The quantitative estimate of drug-likeness (QED) is 0.680. The number of thiocarbonyl (C=S) groups is 1. The lowest BCUT2D eigenvalue weighted by Gasteiger charge is -2.10. The summed E-state index contributed by atoms with van der Waals surface area (Å²) in [6, 6.07) is 12.1. The Labute approximate surface area is 161 Å². The Bertz CT molecular complexity index is 825. The van der Waals surface area contributed by atoms with Crippen molar-refractivity contribution in [2.24, 2.45) is 0 Å². The van der Waals surface area contributed by atoms with Crippen LogP contribution in [0.5, 0.6) is 5.75 Å². The summed E-state index contributed by atoms with van der Waals surface area (Å²) in [7, 11) is 0. The second-order valence-corrected chi connectivity index (χ2v) is 6.28. The summed E-state index contributed by atoms with van der Waals surface area (Å²) in [6.07, 6.45) is 0. The van der Waals surface area contributed by atoms with Crippen molar-refractivity contribution < 1.29 is 14.3 Å². The van der Waals surface area contributed by atoms with Crippen LogP contribution in [0.3, 0.4) is 0 Å². The minimum absolute atomic E-state index is 0.117. The molecule has 0 aliphatic heterocycles. The van der Waals surface area contributed by atoms with Gasteiger partial charge in [-0.05, 0) is 67.2 Å². The summed E-state index contributed by atoms with van der Waals surface area (Å²) >= 11 is 10.9. The molecule has 0 radical (unpaired) electrons. The maximum Gasteiger partial charge on any atom is 0.262 e. The van der Waals surface area contributed by atoms with E-state index in [1.165, 1.54) is 6.92 Å². The number of carbonyl (C=O) groups excluding carboxylic acids is 2. The van der Waals surface area contributed by atoms with E-state index in [4.69, 9.17) is 28.6 Å². The van der Waals surface area contributed by atoms with Crippen molar-refractivity contribution >= 4 is 52.1 Å². The van der Waals surface area contributed by atoms with Crippen LogP contribution >= 0.6 is 23.8 Å². The maximum atomic E-state index is 12.0. The first kappa shape index (κ1) is 19.7. The number of hydrogen-bond acceptors (Lipinski definition) is 4. The molecular formula is C18H18ClN3O3S. The second-order valence-electron chi connectivity index (χ2n) is 5.46. The van der Waals surface area contributed by atoms with Crippen molar-refractivity contribution in [1.29, 1.82) is 0 Å². The third-order valence-electron chi connectivity index (χ3n) is 3.22. The third-order valence-corrected chi connectivity index (χ3v) is 3.84. The second kappa shape index (κ2) is 9.17. The van der Waals surface area contributed by atoms with E-state index in [0.29, 0.717) is 22.1 Å². The van der Waals surface area contributed by atoms with Crippen LogP contribution in [0.4, 0.5) is 11.4 Å². The van der Waals surface area contributed by atoms with Crippen LogP contribution in [0.15, 0.2) is 42.5 Å². The predicted molar refractivity (Wildman–Crippen MR) is 107 cm³/mol. The normalized spacial score (nSPS) is 9.96. The average molecular weight is 392 g/mol. The van der Waals surface area contributed by atoms with Gasteiger partial charge in [0.25, 0.3) is 5.91 Å². The van der Waals surface area contributed by atoms with Gasteiger partial charge in [-0.2, -0.15) is 0 Å². The van der Waals surface area contributed by atoms with Gasteiger partial charge in [-0.25, -0.2) is 0 Å².